The molecule has 33 heavy (non-hydrogen) atoms. The van der Waals surface area contributed by atoms with Crippen molar-refractivity contribution < 1.29 is 19.1 Å². The summed E-state index contributed by atoms with van der Waals surface area (Å²) in [5.74, 6) is 0.891. The van der Waals surface area contributed by atoms with Crippen LogP contribution in [0.2, 0.25) is 0 Å². The zero-order valence-electron chi connectivity index (χ0n) is 19.4. The summed E-state index contributed by atoms with van der Waals surface area (Å²) in [6.07, 6.45) is 0.687. The Balaban J connectivity index is 1.76. The molecule has 0 radical (unpaired) electrons. The van der Waals surface area contributed by atoms with E-state index in [9.17, 15) is 9.59 Å². The van der Waals surface area contributed by atoms with Gasteiger partial charge in [0.15, 0.2) is 11.0 Å². The number of hydrogen-bond acceptors (Lipinski definition) is 8. The fourth-order valence-corrected chi connectivity index (χ4v) is 5.47. The fourth-order valence-electron chi connectivity index (χ4n) is 3.51. The van der Waals surface area contributed by atoms with E-state index in [1.807, 2.05) is 49.6 Å². The number of para-hydroxylation sites is 1. The molecular formula is C23H28N4O4S2. The number of thioether (sulfide) groups is 1. The highest BCUT2D eigenvalue weighted by Gasteiger charge is 2.24. The topological polar surface area (TPSA) is 95.3 Å². The first kappa shape index (κ1) is 24.8. The Morgan fingerprint density at radius 1 is 1.18 bits per heavy atom. The minimum Gasteiger partial charge on any atom is -0.496 e. The van der Waals surface area contributed by atoms with Gasteiger partial charge in [-0.15, -0.1) is 21.5 Å². The SMILES string of the molecule is CCOC(=O)c1c(NC(=O)CSc2nnc(-c3ccccc3OC)n2CC)sc(C)c1CC. The second kappa shape index (κ2) is 11.3. The van der Waals surface area contributed by atoms with Gasteiger partial charge in [0.1, 0.15) is 10.8 Å². The van der Waals surface area contributed by atoms with Crippen molar-refractivity contribution >= 4 is 40.0 Å². The number of anilines is 1. The Kier molecular flexibility index (Phi) is 8.51. The van der Waals surface area contributed by atoms with E-state index < -0.39 is 5.97 Å². The summed E-state index contributed by atoms with van der Waals surface area (Å²) < 4.78 is 12.6. The third kappa shape index (κ3) is 5.39. The van der Waals surface area contributed by atoms with Crippen molar-refractivity contribution in [2.45, 2.75) is 45.8 Å². The third-order valence-electron chi connectivity index (χ3n) is 5.01. The normalized spacial score (nSPS) is 10.8. The highest BCUT2D eigenvalue weighted by molar-refractivity contribution is 7.99. The van der Waals surface area contributed by atoms with E-state index in [0.29, 0.717) is 40.3 Å². The van der Waals surface area contributed by atoms with Crippen LogP contribution in [0, 0.1) is 6.92 Å². The number of ether oxygens (including phenoxy) is 2. The van der Waals surface area contributed by atoms with Crippen molar-refractivity contribution in [3.63, 3.8) is 0 Å². The van der Waals surface area contributed by atoms with Crippen LogP contribution < -0.4 is 10.1 Å². The number of nitrogens with one attached hydrogen (secondary N) is 1. The van der Waals surface area contributed by atoms with Crippen LogP contribution >= 0.6 is 23.1 Å². The maximum absolute atomic E-state index is 12.7. The van der Waals surface area contributed by atoms with Gasteiger partial charge >= 0.3 is 5.97 Å². The Bertz CT molecular complexity index is 1140. The van der Waals surface area contributed by atoms with Crippen LogP contribution in [-0.4, -0.2) is 46.1 Å². The van der Waals surface area contributed by atoms with Gasteiger partial charge in [-0.2, -0.15) is 0 Å². The number of methoxy groups -OCH3 is 1. The Hall–Kier alpha value is -2.85. The van der Waals surface area contributed by atoms with Crippen LogP contribution in [0.1, 0.15) is 41.6 Å². The Morgan fingerprint density at radius 3 is 2.61 bits per heavy atom. The van der Waals surface area contributed by atoms with Crippen molar-refractivity contribution in [2.75, 3.05) is 24.8 Å². The molecule has 1 aromatic carbocycles. The summed E-state index contributed by atoms with van der Waals surface area (Å²) in [5.41, 5.74) is 2.20. The average molecular weight is 489 g/mol. The van der Waals surface area contributed by atoms with Crippen LogP contribution in [0.15, 0.2) is 29.4 Å². The fraction of sp³-hybridized carbons (Fsp3) is 0.391. The molecule has 0 saturated carbocycles. The molecule has 0 saturated heterocycles. The number of thiophene rings is 1. The van der Waals surface area contributed by atoms with Crippen molar-refractivity contribution in [3.8, 4) is 17.1 Å². The lowest BCUT2D eigenvalue weighted by Crippen LogP contribution is -2.17. The maximum Gasteiger partial charge on any atom is 0.341 e. The summed E-state index contributed by atoms with van der Waals surface area (Å²) in [5, 5.41) is 12.7. The standard InChI is InChI=1S/C23H28N4O4S2/c1-6-15-14(4)33-21(19(15)22(29)31-8-3)24-18(28)13-32-23-26-25-20(27(23)7-2)16-11-9-10-12-17(16)30-5/h9-12H,6-8,13H2,1-5H3,(H,24,28). The molecule has 8 nitrogen and oxygen atoms in total. The lowest BCUT2D eigenvalue weighted by Gasteiger charge is -2.10. The van der Waals surface area contributed by atoms with Gasteiger partial charge in [-0.1, -0.05) is 30.8 Å². The Morgan fingerprint density at radius 2 is 1.94 bits per heavy atom. The average Bonchev–Trinajstić information content (AvgIpc) is 3.37. The summed E-state index contributed by atoms with van der Waals surface area (Å²) in [4.78, 5) is 26.2. The van der Waals surface area contributed by atoms with Crippen LogP contribution in [0.25, 0.3) is 11.4 Å². The van der Waals surface area contributed by atoms with Gasteiger partial charge in [-0.3, -0.25) is 4.79 Å². The number of amides is 1. The van der Waals surface area contributed by atoms with Crippen molar-refractivity contribution in [1.29, 1.82) is 0 Å². The first-order valence-corrected chi connectivity index (χ1v) is 12.5. The predicted molar refractivity (Wildman–Crippen MR) is 131 cm³/mol. The Labute approximate surface area is 201 Å². The van der Waals surface area contributed by atoms with E-state index in [-0.39, 0.29) is 18.3 Å². The third-order valence-corrected chi connectivity index (χ3v) is 7.04. The minimum atomic E-state index is -0.408. The molecule has 2 heterocycles. The second-order valence-corrected chi connectivity index (χ2v) is 9.17. The van der Waals surface area contributed by atoms with Gasteiger partial charge in [-0.05, 0) is 44.9 Å². The molecule has 1 N–H and O–H groups in total. The highest BCUT2D eigenvalue weighted by Crippen LogP contribution is 2.35. The van der Waals surface area contributed by atoms with Crippen LogP contribution in [0.5, 0.6) is 5.75 Å². The quantitative estimate of drug-likeness (QED) is 0.323. The molecule has 2 aromatic heterocycles. The van der Waals surface area contributed by atoms with E-state index in [1.54, 1.807) is 14.0 Å². The van der Waals surface area contributed by atoms with Crippen molar-refractivity contribution in [1.82, 2.24) is 14.8 Å². The number of carbonyl (C=O) groups excluding carboxylic acids is 2. The molecule has 3 aromatic rings. The van der Waals surface area contributed by atoms with E-state index in [2.05, 4.69) is 15.5 Å². The number of esters is 1. The van der Waals surface area contributed by atoms with Crippen LogP contribution in [0.4, 0.5) is 5.00 Å². The minimum absolute atomic E-state index is 0.130. The molecule has 0 aliphatic rings. The van der Waals surface area contributed by atoms with Gasteiger partial charge in [0.2, 0.25) is 5.91 Å². The van der Waals surface area contributed by atoms with Crippen LogP contribution in [0.3, 0.4) is 0 Å². The van der Waals surface area contributed by atoms with E-state index in [1.165, 1.54) is 23.1 Å². The number of aryl methyl sites for hydroxylation is 1. The number of nitrogens with zero attached hydrogens (tertiary/aromatic N) is 3. The molecule has 0 bridgehead atoms. The lowest BCUT2D eigenvalue weighted by atomic mass is 10.1. The monoisotopic (exact) mass is 488 g/mol. The maximum atomic E-state index is 12.7. The summed E-state index contributed by atoms with van der Waals surface area (Å²) in [7, 11) is 1.62. The summed E-state index contributed by atoms with van der Waals surface area (Å²) in [6, 6.07) is 7.62. The zero-order valence-corrected chi connectivity index (χ0v) is 21.1. The predicted octanol–water partition coefficient (Wildman–Crippen LogP) is 4.81. The molecule has 0 spiro atoms. The van der Waals surface area contributed by atoms with Gasteiger partial charge in [0.25, 0.3) is 0 Å². The second-order valence-electron chi connectivity index (χ2n) is 7.00. The smallest absolute Gasteiger partial charge is 0.341 e. The highest BCUT2D eigenvalue weighted by atomic mass is 32.2. The molecule has 1 amide bonds. The first-order valence-electron chi connectivity index (χ1n) is 10.7. The molecular weight excluding hydrogens is 460 g/mol. The van der Waals surface area contributed by atoms with Gasteiger partial charge < -0.3 is 19.4 Å². The summed E-state index contributed by atoms with van der Waals surface area (Å²) in [6.45, 7) is 8.61. The lowest BCUT2D eigenvalue weighted by molar-refractivity contribution is -0.113. The number of carbonyl (C=O) groups is 2. The molecule has 176 valence electrons. The molecule has 0 fully saturated rings. The number of benzene rings is 1. The molecule has 0 unspecified atom stereocenters. The molecule has 0 aliphatic carbocycles. The first-order chi connectivity index (χ1) is 15.9. The van der Waals surface area contributed by atoms with Gasteiger partial charge in [0, 0.05) is 11.4 Å². The van der Waals surface area contributed by atoms with Gasteiger partial charge in [-0.25, -0.2) is 4.79 Å². The van der Waals surface area contributed by atoms with Gasteiger partial charge in [0.05, 0.1) is 30.6 Å². The number of rotatable bonds is 10. The largest absolute Gasteiger partial charge is 0.496 e. The molecule has 0 aliphatic heterocycles. The van der Waals surface area contributed by atoms with E-state index in [4.69, 9.17) is 9.47 Å². The molecule has 3 rings (SSSR count). The zero-order chi connectivity index (χ0) is 24.0. The van der Waals surface area contributed by atoms with Crippen LogP contribution in [-0.2, 0) is 22.5 Å². The molecule has 10 heteroatoms. The number of aromatic nitrogens is 3. The van der Waals surface area contributed by atoms with E-state index in [0.717, 1.165) is 16.0 Å². The molecule has 0 atom stereocenters. The van der Waals surface area contributed by atoms with Crippen molar-refractivity contribution in [2.24, 2.45) is 0 Å². The van der Waals surface area contributed by atoms with E-state index >= 15 is 0 Å². The van der Waals surface area contributed by atoms with Crippen molar-refractivity contribution in [3.05, 3.63) is 40.3 Å². The summed E-state index contributed by atoms with van der Waals surface area (Å²) >= 11 is 2.69. The number of hydrogen-bond donors (Lipinski definition) is 1.